The summed E-state index contributed by atoms with van der Waals surface area (Å²) in [6.45, 7) is 4.09. The molecule has 7 heteroatoms. The van der Waals surface area contributed by atoms with E-state index in [9.17, 15) is 0 Å². The first-order valence-electron chi connectivity index (χ1n) is 6.64. The third kappa shape index (κ3) is 2.79. The van der Waals surface area contributed by atoms with E-state index in [4.69, 9.17) is 5.84 Å². The number of nitrogens with one attached hydrogen (secondary N) is 1. The second-order valence-electron chi connectivity index (χ2n) is 4.95. The lowest BCUT2D eigenvalue weighted by molar-refractivity contribution is 0.525. The van der Waals surface area contributed by atoms with Gasteiger partial charge in [0.15, 0.2) is 0 Å². The zero-order valence-corrected chi connectivity index (χ0v) is 13.9. The van der Waals surface area contributed by atoms with E-state index < -0.39 is 0 Å². The van der Waals surface area contributed by atoms with Crippen molar-refractivity contribution in [3.8, 4) is 0 Å². The molecular formula is C13H21BrN6. The summed E-state index contributed by atoms with van der Waals surface area (Å²) in [6.07, 6.45) is 3.67. The van der Waals surface area contributed by atoms with Crippen LogP contribution < -0.4 is 11.3 Å². The molecule has 20 heavy (non-hydrogen) atoms. The molecule has 2 aromatic heterocycles. The second kappa shape index (κ2) is 6.07. The van der Waals surface area contributed by atoms with Gasteiger partial charge < -0.3 is 0 Å². The molecule has 2 aromatic rings. The van der Waals surface area contributed by atoms with Crippen molar-refractivity contribution in [1.82, 2.24) is 25.0 Å². The summed E-state index contributed by atoms with van der Waals surface area (Å²) in [4.78, 5) is 0. The van der Waals surface area contributed by atoms with Crippen molar-refractivity contribution in [2.24, 2.45) is 19.9 Å². The molecule has 0 aromatic carbocycles. The SMILES string of the molecule is CCc1nn(C)cc1C(Cc1c(Br)c(C)nn1C)NN. The molecule has 0 amide bonds. The van der Waals surface area contributed by atoms with E-state index in [0.717, 1.165) is 40.0 Å². The van der Waals surface area contributed by atoms with E-state index in [-0.39, 0.29) is 6.04 Å². The second-order valence-corrected chi connectivity index (χ2v) is 5.74. The fourth-order valence-corrected chi connectivity index (χ4v) is 2.97. The van der Waals surface area contributed by atoms with Gasteiger partial charge in [0.25, 0.3) is 0 Å². The Hall–Kier alpha value is -1.18. The zero-order chi connectivity index (χ0) is 14.9. The first kappa shape index (κ1) is 15.2. The molecule has 0 bridgehead atoms. The number of hydrogen-bond donors (Lipinski definition) is 2. The molecule has 110 valence electrons. The predicted octanol–water partition coefficient (Wildman–Crippen LogP) is 1.53. The molecule has 2 heterocycles. The van der Waals surface area contributed by atoms with Gasteiger partial charge in [0, 0.05) is 32.3 Å². The van der Waals surface area contributed by atoms with Crippen LogP contribution in [0.3, 0.4) is 0 Å². The average Bonchev–Trinajstić information content (AvgIpc) is 2.89. The fraction of sp³-hybridized carbons (Fsp3) is 0.538. The maximum atomic E-state index is 5.76. The fourth-order valence-electron chi connectivity index (χ4n) is 2.47. The Labute approximate surface area is 127 Å². The molecule has 2 rings (SSSR count). The molecule has 0 saturated heterocycles. The highest BCUT2D eigenvalue weighted by molar-refractivity contribution is 9.10. The van der Waals surface area contributed by atoms with Crippen LogP contribution >= 0.6 is 15.9 Å². The number of nitrogens with two attached hydrogens (primary N) is 1. The lowest BCUT2D eigenvalue weighted by Crippen LogP contribution is -2.30. The molecular weight excluding hydrogens is 320 g/mol. The van der Waals surface area contributed by atoms with Crippen LogP contribution in [0, 0.1) is 6.92 Å². The molecule has 0 spiro atoms. The number of rotatable bonds is 5. The molecule has 0 aliphatic heterocycles. The first-order valence-corrected chi connectivity index (χ1v) is 7.43. The van der Waals surface area contributed by atoms with Crippen molar-refractivity contribution in [2.45, 2.75) is 32.7 Å². The summed E-state index contributed by atoms with van der Waals surface area (Å²) in [6, 6.07) is 0.0183. The van der Waals surface area contributed by atoms with Crippen LogP contribution in [0.1, 0.15) is 35.6 Å². The van der Waals surface area contributed by atoms with Crippen molar-refractivity contribution in [1.29, 1.82) is 0 Å². The smallest absolute Gasteiger partial charge is 0.0738 e. The highest BCUT2D eigenvalue weighted by Crippen LogP contribution is 2.27. The summed E-state index contributed by atoms with van der Waals surface area (Å²) < 4.78 is 4.77. The molecule has 0 radical (unpaired) electrons. The van der Waals surface area contributed by atoms with Crippen LogP contribution in [-0.2, 0) is 26.9 Å². The maximum Gasteiger partial charge on any atom is 0.0738 e. The Balaban J connectivity index is 2.33. The quantitative estimate of drug-likeness (QED) is 0.639. The largest absolute Gasteiger partial charge is 0.275 e. The molecule has 6 nitrogen and oxygen atoms in total. The van der Waals surface area contributed by atoms with Gasteiger partial charge in [-0.1, -0.05) is 6.92 Å². The number of hydrogen-bond acceptors (Lipinski definition) is 4. The molecule has 0 fully saturated rings. The minimum Gasteiger partial charge on any atom is -0.275 e. The third-order valence-corrected chi connectivity index (χ3v) is 4.54. The molecule has 1 unspecified atom stereocenters. The summed E-state index contributed by atoms with van der Waals surface area (Å²) in [7, 11) is 3.88. The van der Waals surface area contributed by atoms with Gasteiger partial charge in [-0.15, -0.1) is 0 Å². The van der Waals surface area contributed by atoms with Gasteiger partial charge in [-0.3, -0.25) is 20.6 Å². The topological polar surface area (TPSA) is 73.7 Å². The zero-order valence-electron chi connectivity index (χ0n) is 12.3. The van der Waals surface area contributed by atoms with Gasteiger partial charge in [-0.05, 0) is 29.3 Å². The van der Waals surface area contributed by atoms with Gasteiger partial charge in [-0.25, -0.2) is 0 Å². The average molecular weight is 341 g/mol. The number of hydrazine groups is 1. The Morgan fingerprint density at radius 3 is 2.60 bits per heavy atom. The van der Waals surface area contributed by atoms with Crippen LogP contribution in [0.5, 0.6) is 0 Å². The van der Waals surface area contributed by atoms with Crippen molar-refractivity contribution in [3.05, 3.63) is 33.3 Å². The minimum atomic E-state index is 0.0183. The van der Waals surface area contributed by atoms with E-state index >= 15 is 0 Å². The monoisotopic (exact) mass is 340 g/mol. The van der Waals surface area contributed by atoms with Gasteiger partial charge in [0.05, 0.1) is 27.6 Å². The Bertz CT molecular complexity index is 600. The predicted molar refractivity (Wildman–Crippen MR) is 82.0 cm³/mol. The first-order chi connectivity index (χ1) is 9.47. The molecule has 3 N–H and O–H groups in total. The maximum absolute atomic E-state index is 5.76. The van der Waals surface area contributed by atoms with Crippen molar-refractivity contribution in [3.63, 3.8) is 0 Å². The molecule has 0 aliphatic rings. The van der Waals surface area contributed by atoms with Gasteiger partial charge in [0.2, 0.25) is 0 Å². The Morgan fingerprint density at radius 2 is 2.10 bits per heavy atom. The Morgan fingerprint density at radius 1 is 1.40 bits per heavy atom. The summed E-state index contributed by atoms with van der Waals surface area (Å²) in [5.41, 5.74) is 7.23. The molecule has 0 saturated carbocycles. The third-order valence-electron chi connectivity index (χ3n) is 3.51. The minimum absolute atomic E-state index is 0.0183. The van der Waals surface area contributed by atoms with Gasteiger partial charge in [0.1, 0.15) is 0 Å². The number of nitrogens with zero attached hydrogens (tertiary/aromatic N) is 4. The number of aryl methyl sites for hydroxylation is 4. The highest BCUT2D eigenvalue weighted by atomic mass is 79.9. The van der Waals surface area contributed by atoms with Crippen LogP contribution in [0.15, 0.2) is 10.7 Å². The van der Waals surface area contributed by atoms with E-state index in [1.165, 1.54) is 0 Å². The van der Waals surface area contributed by atoms with Crippen LogP contribution in [0.2, 0.25) is 0 Å². The number of aromatic nitrogens is 4. The van der Waals surface area contributed by atoms with E-state index in [1.54, 1.807) is 0 Å². The Kier molecular flexibility index (Phi) is 4.62. The van der Waals surface area contributed by atoms with E-state index in [2.05, 4.69) is 38.5 Å². The van der Waals surface area contributed by atoms with Crippen molar-refractivity contribution in [2.75, 3.05) is 0 Å². The van der Waals surface area contributed by atoms with Crippen molar-refractivity contribution >= 4 is 15.9 Å². The van der Waals surface area contributed by atoms with Crippen LogP contribution in [-0.4, -0.2) is 19.6 Å². The molecule has 1 atom stereocenters. The lowest BCUT2D eigenvalue weighted by Gasteiger charge is -2.16. The van der Waals surface area contributed by atoms with E-state index in [0.29, 0.717) is 0 Å². The van der Waals surface area contributed by atoms with Crippen LogP contribution in [0.25, 0.3) is 0 Å². The summed E-state index contributed by atoms with van der Waals surface area (Å²) >= 11 is 3.60. The molecule has 0 aliphatic carbocycles. The van der Waals surface area contributed by atoms with Gasteiger partial charge >= 0.3 is 0 Å². The normalized spacial score (nSPS) is 12.9. The van der Waals surface area contributed by atoms with E-state index in [1.807, 2.05) is 36.6 Å². The number of halogens is 1. The van der Waals surface area contributed by atoms with Gasteiger partial charge in [-0.2, -0.15) is 10.2 Å². The lowest BCUT2D eigenvalue weighted by atomic mass is 10.0. The summed E-state index contributed by atoms with van der Waals surface area (Å²) in [5.74, 6) is 5.76. The standard InChI is InChI=1S/C13H21BrN6/c1-5-10-9(7-19(3)18-10)11(16-15)6-12-13(14)8(2)17-20(12)4/h7,11,16H,5-6,15H2,1-4H3. The highest BCUT2D eigenvalue weighted by Gasteiger charge is 2.21. The van der Waals surface area contributed by atoms with Crippen LogP contribution in [0.4, 0.5) is 0 Å². The van der Waals surface area contributed by atoms with Crippen molar-refractivity contribution < 1.29 is 0 Å². The summed E-state index contributed by atoms with van der Waals surface area (Å²) in [5, 5.41) is 8.90.